The molecule has 0 aliphatic heterocycles. The Hall–Kier alpha value is -1.76. The minimum atomic E-state index is -3.42. The van der Waals surface area contributed by atoms with E-state index in [0.29, 0.717) is 11.3 Å². The van der Waals surface area contributed by atoms with Crippen LogP contribution in [-0.4, -0.2) is 42.7 Å². The van der Waals surface area contributed by atoms with Crippen LogP contribution in [0.15, 0.2) is 23.6 Å². The van der Waals surface area contributed by atoms with Crippen LogP contribution in [0.25, 0.3) is 10.9 Å². The van der Waals surface area contributed by atoms with Crippen molar-refractivity contribution >= 4 is 26.6 Å². The Morgan fingerprint density at radius 3 is 2.47 bits per heavy atom. The Balaban J connectivity index is 2.71. The second-order valence-corrected chi connectivity index (χ2v) is 6.08. The summed E-state index contributed by atoms with van der Waals surface area (Å²) < 4.78 is 23.1. The summed E-state index contributed by atoms with van der Waals surface area (Å²) in [5, 5.41) is 0.616. The maximum atomic E-state index is 11.5. The number of sulfone groups is 1. The highest BCUT2D eigenvalue weighted by Crippen LogP contribution is 2.22. The molecule has 2 aromatic heterocycles. The van der Waals surface area contributed by atoms with Gasteiger partial charge in [0.15, 0.2) is 5.82 Å². The van der Waals surface area contributed by atoms with E-state index in [1.165, 1.54) is 6.20 Å². The largest absolute Gasteiger partial charge is 0.355 e. The van der Waals surface area contributed by atoms with Crippen LogP contribution >= 0.6 is 0 Å². The minimum Gasteiger partial charge on any atom is -0.355 e. The Labute approximate surface area is 112 Å². The first-order valence-electron chi connectivity index (χ1n) is 6.04. The molecule has 0 fully saturated rings. The number of aromatic nitrogens is 3. The molecule has 0 unspecified atom stereocenters. The summed E-state index contributed by atoms with van der Waals surface area (Å²) in [5.74, 6) is 0.690. The molecule has 2 heterocycles. The van der Waals surface area contributed by atoms with Crippen LogP contribution in [0.4, 0.5) is 5.82 Å². The lowest BCUT2D eigenvalue weighted by Crippen LogP contribution is -2.23. The van der Waals surface area contributed by atoms with Crippen molar-refractivity contribution in [2.24, 2.45) is 0 Å². The van der Waals surface area contributed by atoms with Crippen molar-refractivity contribution in [3.8, 4) is 0 Å². The smallest absolute Gasteiger partial charge is 0.247 e. The SMILES string of the molecule is CCN(CC)c1nccc2cnc(S(C)(=O)=O)nc12. The maximum Gasteiger partial charge on any atom is 0.247 e. The van der Waals surface area contributed by atoms with Crippen LogP contribution in [0.5, 0.6) is 0 Å². The fourth-order valence-corrected chi connectivity index (χ4v) is 2.36. The predicted molar refractivity (Wildman–Crippen MR) is 74.0 cm³/mol. The third kappa shape index (κ3) is 2.65. The summed E-state index contributed by atoms with van der Waals surface area (Å²) in [6, 6.07) is 1.77. The normalized spacial score (nSPS) is 11.7. The fraction of sp³-hybridized carbons (Fsp3) is 0.417. The molecule has 0 atom stereocenters. The van der Waals surface area contributed by atoms with Gasteiger partial charge in [0.2, 0.25) is 15.0 Å². The molecule has 0 N–H and O–H groups in total. The van der Waals surface area contributed by atoms with E-state index in [1.54, 1.807) is 12.3 Å². The van der Waals surface area contributed by atoms with E-state index in [4.69, 9.17) is 0 Å². The standard InChI is InChI=1S/C12H16N4O2S/c1-4-16(5-2)11-10-9(6-7-13-11)8-14-12(15-10)19(3,17)18/h6-8H,4-5H2,1-3H3. The van der Waals surface area contributed by atoms with Gasteiger partial charge in [-0.25, -0.2) is 23.4 Å². The second kappa shape index (κ2) is 5.08. The van der Waals surface area contributed by atoms with Crippen LogP contribution < -0.4 is 4.90 Å². The number of hydrogen-bond donors (Lipinski definition) is 0. The maximum absolute atomic E-state index is 11.5. The van der Waals surface area contributed by atoms with Crippen LogP contribution in [0.1, 0.15) is 13.8 Å². The first-order valence-corrected chi connectivity index (χ1v) is 7.93. The molecule has 0 amide bonds. The molecule has 0 saturated heterocycles. The van der Waals surface area contributed by atoms with Crippen LogP contribution in [0, 0.1) is 0 Å². The number of fused-ring (bicyclic) bond motifs is 1. The van der Waals surface area contributed by atoms with Crippen molar-refractivity contribution in [3.05, 3.63) is 18.5 Å². The highest BCUT2D eigenvalue weighted by atomic mass is 32.2. The van der Waals surface area contributed by atoms with Crippen LogP contribution in [0.3, 0.4) is 0 Å². The number of nitrogens with zero attached hydrogens (tertiary/aromatic N) is 4. The highest BCUT2D eigenvalue weighted by Gasteiger charge is 2.15. The van der Waals surface area contributed by atoms with Gasteiger partial charge in [-0.15, -0.1) is 0 Å². The molecule has 0 radical (unpaired) electrons. The average Bonchev–Trinajstić information content (AvgIpc) is 2.39. The van der Waals surface area contributed by atoms with Gasteiger partial charge in [0, 0.05) is 37.1 Å². The van der Waals surface area contributed by atoms with E-state index in [9.17, 15) is 8.42 Å². The van der Waals surface area contributed by atoms with Crippen LogP contribution in [0.2, 0.25) is 0 Å². The molecule has 102 valence electrons. The highest BCUT2D eigenvalue weighted by molar-refractivity contribution is 7.90. The minimum absolute atomic E-state index is 0.165. The zero-order chi connectivity index (χ0) is 14.0. The quantitative estimate of drug-likeness (QED) is 0.785. The molecule has 0 saturated carbocycles. The van der Waals surface area contributed by atoms with Gasteiger partial charge in [0.1, 0.15) is 5.52 Å². The summed E-state index contributed by atoms with van der Waals surface area (Å²) in [6.07, 6.45) is 4.30. The lowest BCUT2D eigenvalue weighted by atomic mass is 10.3. The Morgan fingerprint density at radius 1 is 1.21 bits per heavy atom. The Bertz CT molecular complexity index is 696. The van der Waals surface area contributed by atoms with Crippen molar-refractivity contribution in [2.75, 3.05) is 24.2 Å². The summed E-state index contributed by atoms with van der Waals surface area (Å²) >= 11 is 0. The van der Waals surface area contributed by atoms with E-state index in [-0.39, 0.29) is 5.16 Å². The van der Waals surface area contributed by atoms with E-state index in [2.05, 4.69) is 15.0 Å². The third-order valence-corrected chi connectivity index (χ3v) is 3.71. The van der Waals surface area contributed by atoms with Gasteiger partial charge in [-0.1, -0.05) is 0 Å². The van der Waals surface area contributed by atoms with E-state index in [0.717, 1.165) is 24.7 Å². The molecule has 7 heteroatoms. The number of rotatable bonds is 4. The molecule has 0 spiro atoms. The monoisotopic (exact) mass is 280 g/mol. The molecule has 0 aliphatic rings. The molecule has 0 bridgehead atoms. The van der Waals surface area contributed by atoms with Gasteiger partial charge in [-0.2, -0.15) is 0 Å². The molecule has 19 heavy (non-hydrogen) atoms. The van der Waals surface area contributed by atoms with Gasteiger partial charge >= 0.3 is 0 Å². The molecular weight excluding hydrogens is 264 g/mol. The van der Waals surface area contributed by atoms with Gasteiger partial charge < -0.3 is 4.90 Å². The lowest BCUT2D eigenvalue weighted by molar-refractivity contribution is 0.593. The summed E-state index contributed by atoms with van der Waals surface area (Å²) in [5.41, 5.74) is 0.571. The van der Waals surface area contributed by atoms with E-state index < -0.39 is 9.84 Å². The zero-order valence-electron chi connectivity index (χ0n) is 11.2. The lowest BCUT2D eigenvalue weighted by Gasteiger charge is -2.20. The molecule has 0 aliphatic carbocycles. The summed E-state index contributed by atoms with van der Waals surface area (Å²) in [7, 11) is -3.42. The summed E-state index contributed by atoms with van der Waals surface area (Å²) in [6.45, 7) is 5.59. The molecule has 6 nitrogen and oxygen atoms in total. The van der Waals surface area contributed by atoms with Gasteiger partial charge in [-0.05, 0) is 19.9 Å². The number of hydrogen-bond acceptors (Lipinski definition) is 6. The third-order valence-electron chi connectivity index (χ3n) is 2.85. The van der Waals surface area contributed by atoms with Gasteiger partial charge in [-0.3, -0.25) is 0 Å². The van der Waals surface area contributed by atoms with E-state index >= 15 is 0 Å². The molecule has 0 aromatic carbocycles. The summed E-state index contributed by atoms with van der Waals surface area (Å²) in [4.78, 5) is 14.4. The topological polar surface area (TPSA) is 76.1 Å². The second-order valence-electron chi connectivity index (χ2n) is 4.17. The van der Waals surface area contributed by atoms with Crippen molar-refractivity contribution in [1.82, 2.24) is 15.0 Å². The van der Waals surface area contributed by atoms with Crippen molar-refractivity contribution in [2.45, 2.75) is 19.0 Å². The zero-order valence-corrected chi connectivity index (χ0v) is 12.0. The van der Waals surface area contributed by atoms with Crippen LogP contribution in [-0.2, 0) is 9.84 Å². The molecular formula is C12H16N4O2S. The van der Waals surface area contributed by atoms with Gasteiger partial charge in [0.05, 0.1) is 0 Å². The Morgan fingerprint density at radius 2 is 1.89 bits per heavy atom. The van der Waals surface area contributed by atoms with Gasteiger partial charge in [0.25, 0.3) is 0 Å². The Kier molecular flexibility index (Phi) is 3.66. The number of anilines is 1. The molecule has 2 rings (SSSR count). The predicted octanol–water partition coefficient (Wildman–Crippen LogP) is 1.27. The fourth-order valence-electron chi connectivity index (χ4n) is 1.86. The van der Waals surface area contributed by atoms with Crippen molar-refractivity contribution in [3.63, 3.8) is 0 Å². The molecule has 2 aromatic rings. The van der Waals surface area contributed by atoms with Crippen molar-refractivity contribution < 1.29 is 8.42 Å². The first kappa shape index (κ1) is 13.7. The number of pyridine rings is 1. The first-order chi connectivity index (χ1) is 8.97. The van der Waals surface area contributed by atoms with Crippen molar-refractivity contribution in [1.29, 1.82) is 0 Å². The van der Waals surface area contributed by atoms with E-state index in [1.807, 2.05) is 18.7 Å². The average molecular weight is 280 g/mol.